The van der Waals surface area contributed by atoms with Crippen molar-refractivity contribution in [3.05, 3.63) is 35.4 Å². The molecule has 2 aliphatic heterocycles. The minimum atomic E-state index is 0.190. The van der Waals surface area contributed by atoms with Crippen molar-refractivity contribution in [2.24, 2.45) is 5.73 Å². The van der Waals surface area contributed by atoms with Crippen LogP contribution < -0.4 is 5.73 Å². The van der Waals surface area contributed by atoms with E-state index >= 15 is 0 Å². The SMILES string of the molecule is CC1SCCSC1C(N)CC1OCCc2ccccc21. The molecule has 1 aromatic carbocycles. The highest BCUT2D eigenvalue weighted by molar-refractivity contribution is 8.07. The van der Waals surface area contributed by atoms with E-state index in [9.17, 15) is 0 Å². The molecule has 0 aliphatic carbocycles. The normalized spacial score (nSPS) is 31.6. The van der Waals surface area contributed by atoms with E-state index in [1.807, 2.05) is 11.8 Å². The summed E-state index contributed by atoms with van der Waals surface area (Å²) in [5.41, 5.74) is 9.31. The number of rotatable bonds is 3. The van der Waals surface area contributed by atoms with Crippen molar-refractivity contribution in [3.8, 4) is 0 Å². The average molecular weight is 310 g/mol. The van der Waals surface area contributed by atoms with Gasteiger partial charge in [-0.05, 0) is 24.0 Å². The Hall–Kier alpha value is -0.160. The molecule has 4 heteroatoms. The predicted octanol–water partition coefficient (Wildman–Crippen LogP) is 3.25. The first-order valence-corrected chi connectivity index (χ1v) is 9.53. The molecule has 4 unspecified atom stereocenters. The summed E-state index contributed by atoms with van der Waals surface area (Å²) in [7, 11) is 0. The Morgan fingerprint density at radius 3 is 2.95 bits per heavy atom. The Kier molecular flexibility index (Phi) is 4.97. The number of ether oxygens (including phenoxy) is 1. The van der Waals surface area contributed by atoms with Crippen LogP contribution in [0.3, 0.4) is 0 Å². The van der Waals surface area contributed by atoms with E-state index in [-0.39, 0.29) is 12.1 Å². The van der Waals surface area contributed by atoms with Gasteiger partial charge in [-0.3, -0.25) is 0 Å². The first kappa shape index (κ1) is 14.8. The lowest BCUT2D eigenvalue weighted by Crippen LogP contribution is -2.42. The molecule has 20 heavy (non-hydrogen) atoms. The zero-order chi connectivity index (χ0) is 13.9. The molecule has 110 valence electrons. The fourth-order valence-corrected chi connectivity index (χ4v) is 6.08. The van der Waals surface area contributed by atoms with Crippen LogP contribution >= 0.6 is 23.5 Å². The van der Waals surface area contributed by atoms with Gasteiger partial charge in [0.05, 0.1) is 12.7 Å². The van der Waals surface area contributed by atoms with Crippen LogP contribution in [-0.2, 0) is 11.2 Å². The molecule has 2 heterocycles. The minimum absolute atomic E-state index is 0.190. The molecule has 1 saturated heterocycles. The molecule has 0 aromatic heterocycles. The quantitative estimate of drug-likeness (QED) is 0.929. The summed E-state index contributed by atoms with van der Waals surface area (Å²) < 4.78 is 6.01. The molecule has 0 bridgehead atoms. The van der Waals surface area contributed by atoms with Gasteiger partial charge < -0.3 is 10.5 Å². The predicted molar refractivity (Wildman–Crippen MR) is 89.6 cm³/mol. The highest BCUT2D eigenvalue weighted by atomic mass is 32.2. The van der Waals surface area contributed by atoms with E-state index in [1.54, 1.807) is 0 Å². The first-order chi connectivity index (χ1) is 9.75. The largest absolute Gasteiger partial charge is 0.373 e. The van der Waals surface area contributed by atoms with Gasteiger partial charge >= 0.3 is 0 Å². The number of hydrogen-bond donors (Lipinski definition) is 1. The molecule has 1 aromatic rings. The fourth-order valence-electron chi connectivity index (χ4n) is 3.17. The summed E-state index contributed by atoms with van der Waals surface area (Å²) in [5, 5.41) is 1.22. The lowest BCUT2D eigenvalue weighted by atomic mass is 9.92. The topological polar surface area (TPSA) is 35.2 Å². The van der Waals surface area contributed by atoms with Gasteiger partial charge in [0.15, 0.2) is 0 Å². The van der Waals surface area contributed by atoms with Gasteiger partial charge in [-0.1, -0.05) is 31.2 Å². The summed E-state index contributed by atoms with van der Waals surface area (Å²) in [4.78, 5) is 0. The van der Waals surface area contributed by atoms with E-state index in [0.29, 0.717) is 10.5 Å². The molecule has 2 N–H and O–H groups in total. The molecule has 4 atom stereocenters. The highest BCUT2D eigenvalue weighted by Crippen LogP contribution is 2.37. The number of hydrogen-bond acceptors (Lipinski definition) is 4. The van der Waals surface area contributed by atoms with Gasteiger partial charge in [0.25, 0.3) is 0 Å². The van der Waals surface area contributed by atoms with Crippen molar-refractivity contribution >= 4 is 23.5 Å². The van der Waals surface area contributed by atoms with Crippen LogP contribution in [0.2, 0.25) is 0 Å². The zero-order valence-electron chi connectivity index (χ0n) is 12.0. The third-order valence-corrected chi connectivity index (χ3v) is 7.51. The summed E-state index contributed by atoms with van der Waals surface area (Å²) in [5.74, 6) is 2.49. The molecule has 1 fully saturated rings. The van der Waals surface area contributed by atoms with Crippen LogP contribution in [0.5, 0.6) is 0 Å². The molecular formula is C16H23NOS2. The van der Waals surface area contributed by atoms with Crippen LogP contribution in [0.1, 0.15) is 30.6 Å². The lowest BCUT2D eigenvalue weighted by molar-refractivity contribution is 0.0320. The van der Waals surface area contributed by atoms with Gasteiger partial charge in [-0.2, -0.15) is 23.5 Å². The van der Waals surface area contributed by atoms with Crippen molar-refractivity contribution in [1.29, 1.82) is 0 Å². The van der Waals surface area contributed by atoms with Gasteiger partial charge in [0, 0.05) is 28.0 Å². The van der Waals surface area contributed by atoms with E-state index in [0.717, 1.165) is 19.4 Å². The molecule has 2 nitrogen and oxygen atoms in total. The standard InChI is InChI=1S/C16H23NOS2/c1-11-16(20-9-8-19-11)14(17)10-15-13-5-3-2-4-12(13)6-7-18-15/h2-5,11,14-16H,6-10,17H2,1H3. The van der Waals surface area contributed by atoms with Crippen LogP contribution in [0, 0.1) is 0 Å². The van der Waals surface area contributed by atoms with Crippen molar-refractivity contribution in [1.82, 2.24) is 0 Å². The van der Waals surface area contributed by atoms with Crippen molar-refractivity contribution in [2.45, 2.75) is 42.4 Å². The maximum Gasteiger partial charge on any atom is 0.0842 e. The molecule has 2 aliphatic rings. The molecule has 3 rings (SSSR count). The molecule has 0 saturated carbocycles. The first-order valence-electron chi connectivity index (χ1n) is 7.44. The van der Waals surface area contributed by atoms with Gasteiger partial charge in [-0.25, -0.2) is 0 Å². The molecular weight excluding hydrogens is 286 g/mol. The van der Waals surface area contributed by atoms with Crippen molar-refractivity contribution in [3.63, 3.8) is 0 Å². The monoisotopic (exact) mass is 309 g/mol. The van der Waals surface area contributed by atoms with E-state index in [2.05, 4.69) is 43.0 Å². The average Bonchev–Trinajstić information content (AvgIpc) is 2.48. The van der Waals surface area contributed by atoms with Crippen LogP contribution in [0.15, 0.2) is 24.3 Å². The van der Waals surface area contributed by atoms with Gasteiger partial charge in [0.1, 0.15) is 0 Å². The Morgan fingerprint density at radius 2 is 2.10 bits per heavy atom. The smallest absolute Gasteiger partial charge is 0.0842 e. The number of thioether (sulfide) groups is 2. The number of fused-ring (bicyclic) bond motifs is 1. The second-order valence-corrected chi connectivity index (χ2v) is 8.39. The Morgan fingerprint density at radius 1 is 1.30 bits per heavy atom. The summed E-state index contributed by atoms with van der Waals surface area (Å²) in [6, 6.07) is 8.89. The summed E-state index contributed by atoms with van der Waals surface area (Å²) >= 11 is 4.11. The Labute approximate surface area is 130 Å². The third-order valence-electron chi connectivity index (χ3n) is 4.24. The van der Waals surface area contributed by atoms with E-state index in [1.165, 1.54) is 22.6 Å². The van der Waals surface area contributed by atoms with Crippen molar-refractivity contribution < 1.29 is 4.74 Å². The molecule has 0 radical (unpaired) electrons. The Balaban J connectivity index is 1.69. The molecule has 0 amide bonds. The third kappa shape index (κ3) is 3.19. The zero-order valence-corrected chi connectivity index (χ0v) is 13.6. The maximum atomic E-state index is 6.51. The second kappa shape index (κ2) is 6.73. The fraction of sp³-hybridized carbons (Fsp3) is 0.625. The summed E-state index contributed by atoms with van der Waals surface area (Å²) in [6.45, 7) is 3.15. The number of nitrogens with two attached hydrogens (primary N) is 1. The van der Waals surface area contributed by atoms with E-state index < -0.39 is 0 Å². The number of benzene rings is 1. The van der Waals surface area contributed by atoms with E-state index in [4.69, 9.17) is 10.5 Å². The Bertz CT molecular complexity index is 454. The van der Waals surface area contributed by atoms with Crippen LogP contribution in [-0.4, -0.2) is 34.7 Å². The van der Waals surface area contributed by atoms with Crippen molar-refractivity contribution in [2.75, 3.05) is 18.1 Å². The second-order valence-electron chi connectivity index (χ2n) is 5.62. The highest BCUT2D eigenvalue weighted by Gasteiger charge is 2.31. The van der Waals surface area contributed by atoms with Gasteiger partial charge in [0.2, 0.25) is 0 Å². The minimum Gasteiger partial charge on any atom is -0.373 e. The van der Waals surface area contributed by atoms with Crippen LogP contribution in [0.25, 0.3) is 0 Å². The summed E-state index contributed by atoms with van der Waals surface area (Å²) in [6.07, 6.45) is 2.17. The lowest BCUT2D eigenvalue weighted by Gasteiger charge is -2.35. The maximum absolute atomic E-state index is 6.51. The van der Waals surface area contributed by atoms with Crippen LogP contribution in [0.4, 0.5) is 0 Å². The molecule has 0 spiro atoms. The van der Waals surface area contributed by atoms with Gasteiger partial charge in [-0.15, -0.1) is 0 Å².